The number of carbonyl (C=O) groups is 8. The van der Waals surface area contributed by atoms with Crippen LogP contribution in [0.2, 0.25) is 0 Å². The van der Waals surface area contributed by atoms with E-state index in [1.54, 1.807) is 78.0 Å². The molecular formula is C47H60O16. The molecule has 1 heterocycles. The second kappa shape index (κ2) is 16.4. The Balaban J connectivity index is 1.84. The second-order valence-electron chi connectivity index (χ2n) is 19.1. The van der Waals surface area contributed by atoms with Gasteiger partial charge in [-0.1, -0.05) is 44.5 Å². The molecule has 1 aliphatic heterocycles. The lowest BCUT2D eigenvalue weighted by molar-refractivity contribution is -0.281. The molecule has 1 aromatic carbocycles. The molecule has 0 radical (unpaired) electrons. The Morgan fingerprint density at radius 3 is 2.00 bits per heavy atom. The fourth-order valence-electron chi connectivity index (χ4n) is 13.5. The van der Waals surface area contributed by atoms with Crippen LogP contribution in [0.3, 0.4) is 0 Å². The van der Waals surface area contributed by atoms with Crippen molar-refractivity contribution in [2.75, 3.05) is 20.8 Å². The van der Waals surface area contributed by atoms with Gasteiger partial charge in [0.15, 0.2) is 0 Å². The van der Waals surface area contributed by atoms with Crippen molar-refractivity contribution in [1.29, 1.82) is 0 Å². The lowest BCUT2D eigenvalue weighted by Gasteiger charge is -2.68. The molecule has 0 N–H and O–H groups in total. The summed E-state index contributed by atoms with van der Waals surface area (Å²) in [7, 11) is 2.43. The quantitative estimate of drug-likeness (QED) is 0.157. The van der Waals surface area contributed by atoms with Crippen LogP contribution >= 0.6 is 0 Å². The minimum atomic E-state index is -1.83. The maximum atomic E-state index is 14.7. The first-order valence-corrected chi connectivity index (χ1v) is 21.4. The van der Waals surface area contributed by atoms with Crippen LogP contribution in [-0.2, 0) is 71.5 Å². The highest BCUT2D eigenvalue weighted by molar-refractivity contribution is 5.89. The largest absolute Gasteiger partial charge is 0.469 e. The first-order valence-electron chi connectivity index (χ1n) is 21.4. The number of esters is 8. The van der Waals surface area contributed by atoms with E-state index in [1.807, 2.05) is 0 Å². The highest BCUT2D eigenvalue weighted by Gasteiger charge is 2.90. The zero-order valence-corrected chi connectivity index (χ0v) is 38.2. The molecule has 0 unspecified atom stereocenters. The molecule has 6 rings (SSSR count). The summed E-state index contributed by atoms with van der Waals surface area (Å²) in [6.07, 6.45) is -3.81. The monoisotopic (exact) mass is 880 g/mol. The zero-order valence-electron chi connectivity index (χ0n) is 38.2. The number of fused-ring (bicyclic) bond motifs is 3. The smallest absolute Gasteiger partial charge is 0.338 e. The normalized spacial score (nSPS) is 39.0. The third-order valence-corrected chi connectivity index (χ3v) is 15.9. The maximum absolute atomic E-state index is 14.7. The summed E-state index contributed by atoms with van der Waals surface area (Å²) in [4.78, 5) is 110. The number of ether oxygens (including phenoxy) is 8. The summed E-state index contributed by atoms with van der Waals surface area (Å²) in [5.41, 5.74) is -8.87. The van der Waals surface area contributed by atoms with Crippen LogP contribution in [0.5, 0.6) is 0 Å². The summed E-state index contributed by atoms with van der Waals surface area (Å²) >= 11 is 0. The van der Waals surface area contributed by atoms with E-state index < -0.39 is 142 Å². The first-order chi connectivity index (χ1) is 29.4. The topological polar surface area (TPSA) is 210 Å². The van der Waals surface area contributed by atoms with E-state index in [0.29, 0.717) is 5.57 Å². The molecule has 344 valence electrons. The molecule has 4 aliphatic carbocycles. The molecule has 1 aromatic rings. The van der Waals surface area contributed by atoms with Crippen LogP contribution in [-0.4, -0.2) is 98.6 Å². The highest BCUT2D eigenvalue weighted by atomic mass is 16.6. The molecule has 14 atom stereocenters. The van der Waals surface area contributed by atoms with Gasteiger partial charge in [0.1, 0.15) is 36.6 Å². The third-order valence-electron chi connectivity index (χ3n) is 15.9. The Morgan fingerprint density at radius 2 is 1.44 bits per heavy atom. The van der Waals surface area contributed by atoms with Crippen LogP contribution in [0.4, 0.5) is 0 Å². The van der Waals surface area contributed by atoms with Gasteiger partial charge in [-0.2, -0.15) is 0 Å². The van der Waals surface area contributed by atoms with Crippen molar-refractivity contribution >= 4 is 47.8 Å². The molecule has 2 bridgehead atoms. The third kappa shape index (κ3) is 6.83. The second-order valence-corrected chi connectivity index (χ2v) is 19.1. The van der Waals surface area contributed by atoms with Crippen molar-refractivity contribution in [3.63, 3.8) is 0 Å². The molecule has 0 aromatic heterocycles. The van der Waals surface area contributed by atoms with Gasteiger partial charge in [-0.05, 0) is 56.7 Å². The first kappa shape index (κ1) is 47.2. The predicted molar refractivity (Wildman–Crippen MR) is 219 cm³/mol. The number of rotatable bonds is 11. The molecular weight excluding hydrogens is 821 g/mol. The fraction of sp³-hybridized carbons (Fsp3) is 0.660. The Bertz CT molecular complexity index is 2110. The average Bonchev–Trinajstić information content (AvgIpc) is 3.58. The van der Waals surface area contributed by atoms with Crippen molar-refractivity contribution in [3.8, 4) is 0 Å². The zero-order chi connectivity index (χ0) is 46.8. The van der Waals surface area contributed by atoms with Gasteiger partial charge in [0, 0.05) is 64.2 Å². The van der Waals surface area contributed by atoms with Crippen molar-refractivity contribution in [1.82, 2.24) is 0 Å². The van der Waals surface area contributed by atoms with Crippen LogP contribution < -0.4 is 0 Å². The van der Waals surface area contributed by atoms with Gasteiger partial charge in [-0.3, -0.25) is 33.6 Å². The number of methoxy groups -OCH3 is 2. The van der Waals surface area contributed by atoms with Crippen LogP contribution in [0, 0.1) is 50.7 Å². The Kier molecular flexibility index (Phi) is 12.3. The van der Waals surface area contributed by atoms with Gasteiger partial charge in [-0.15, -0.1) is 0 Å². The Morgan fingerprint density at radius 1 is 0.825 bits per heavy atom. The van der Waals surface area contributed by atoms with E-state index in [9.17, 15) is 38.4 Å². The van der Waals surface area contributed by atoms with Gasteiger partial charge < -0.3 is 37.9 Å². The molecule has 16 heteroatoms. The molecule has 5 aliphatic rings. The maximum Gasteiger partial charge on any atom is 0.338 e. The molecule has 16 nitrogen and oxygen atoms in total. The molecule has 4 fully saturated rings. The van der Waals surface area contributed by atoms with Gasteiger partial charge >= 0.3 is 47.8 Å². The van der Waals surface area contributed by atoms with Gasteiger partial charge in [-0.25, -0.2) is 4.79 Å². The summed E-state index contributed by atoms with van der Waals surface area (Å²) in [5.74, 6) is -9.89. The SMILES string of the molecule is COC(=O)C[C@@H]1[C@@](C)([C@@H](C)C(=O)OC)C[C@@H](OC(=O)c2ccccc2)[C@H]2[C@@]1(COC(C)=O)[C@@H](OC(C)=O)[C@H](C)[C@@]21C(C)=C[C@H](OC(C)=O)[C@@]2(C)[C@@H](OC(C)=O)C[C@]3(C)C[C@@]21OC3=O. The molecule has 0 amide bonds. The van der Waals surface area contributed by atoms with Crippen molar-refractivity contribution in [2.45, 2.75) is 125 Å². The predicted octanol–water partition coefficient (Wildman–Crippen LogP) is 5.27. The lowest BCUT2D eigenvalue weighted by Crippen LogP contribution is -2.76. The van der Waals surface area contributed by atoms with E-state index in [-0.39, 0.29) is 24.8 Å². The summed E-state index contributed by atoms with van der Waals surface area (Å²) in [5, 5.41) is 0. The van der Waals surface area contributed by atoms with Crippen LogP contribution in [0.15, 0.2) is 42.0 Å². The van der Waals surface area contributed by atoms with Crippen LogP contribution in [0.25, 0.3) is 0 Å². The number of carbonyl (C=O) groups excluding carboxylic acids is 8. The van der Waals surface area contributed by atoms with Gasteiger partial charge in [0.05, 0.1) is 41.9 Å². The summed E-state index contributed by atoms with van der Waals surface area (Å²) in [6.45, 7) is 14.7. The Labute approximate surface area is 367 Å². The summed E-state index contributed by atoms with van der Waals surface area (Å²) in [6, 6.07) is 8.20. The number of hydrogen-bond donors (Lipinski definition) is 0. The van der Waals surface area contributed by atoms with Gasteiger partial charge in [0.2, 0.25) is 0 Å². The molecule has 63 heavy (non-hydrogen) atoms. The minimum Gasteiger partial charge on any atom is -0.469 e. The van der Waals surface area contributed by atoms with Crippen LogP contribution in [0.1, 0.15) is 105 Å². The molecule has 1 saturated heterocycles. The van der Waals surface area contributed by atoms with E-state index >= 15 is 0 Å². The van der Waals surface area contributed by atoms with E-state index in [4.69, 9.17) is 37.9 Å². The fourth-order valence-corrected chi connectivity index (χ4v) is 13.5. The van der Waals surface area contributed by atoms with E-state index in [2.05, 4.69) is 0 Å². The number of benzene rings is 1. The molecule has 3 saturated carbocycles. The van der Waals surface area contributed by atoms with E-state index in [1.165, 1.54) is 41.9 Å². The standard InChI is InChI=1S/C47H60O16/c1-24-18-34(59-28(5)49)44(10)35(60-29(6)50)21-42(8)22-46(44,63-41(42)55)47(24)25(2)38(61-30(7)51)45(23-58-27(4)48)33(19-36(52)56-11)43(9,26(3)39(53)57-12)20-32(37(45)47)62-40(54)31-16-14-13-15-17-31/h13-18,25-26,32-35,37-38H,19-23H2,1-12H3/t25-,26-,32+,33+,34-,35-,37-,38-,42+,43+,44-,45-,46+,47-/m0/s1. The minimum absolute atomic E-state index is 0.0124. The van der Waals surface area contributed by atoms with Crippen molar-refractivity contribution in [3.05, 3.63) is 47.5 Å². The van der Waals surface area contributed by atoms with Crippen molar-refractivity contribution in [2.24, 2.45) is 50.7 Å². The Hall–Kier alpha value is -5.28. The van der Waals surface area contributed by atoms with E-state index in [0.717, 1.165) is 0 Å². The number of hydrogen-bond acceptors (Lipinski definition) is 16. The summed E-state index contributed by atoms with van der Waals surface area (Å²) < 4.78 is 49.3. The van der Waals surface area contributed by atoms with Crippen molar-refractivity contribution < 1.29 is 76.3 Å². The highest BCUT2D eigenvalue weighted by Crippen LogP contribution is 2.82. The lowest BCUT2D eigenvalue weighted by atomic mass is 9.37. The van der Waals surface area contributed by atoms with Gasteiger partial charge in [0.25, 0.3) is 0 Å². The molecule has 2 spiro atoms. The average molecular weight is 881 g/mol.